The maximum atomic E-state index is 12.9. The van der Waals surface area contributed by atoms with E-state index in [0.717, 1.165) is 54.8 Å². The highest BCUT2D eigenvalue weighted by Crippen LogP contribution is 2.24. The van der Waals surface area contributed by atoms with Crippen LogP contribution >= 0.6 is 0 Å². The Labute approximate surface area is 154 Å². The number of amides is 1. The van der Waals surface area contributed by atoms with E-state index in [0.29, 0.717) is 5.92 Å². The molecular weight excluding hydrogens is 322 g/mol. The first-order valence-corrected chi connectivity index (χ1v) is 9.42. The quantitative estimate of drug-likeness (QED) is 0.735. The standard InChI is InChI=1S/C22H25N3O/c1-2-25(15-16-9-11-23-14-16)22(26)19-6-3-17(4-7-19)20-8-5-18-10-12-24-21(18)13-20/h3-8,10,12-13,16,23-24H,2,9,11,14-15H2,1H3. The van der Waals surface area contributed by atoms with Gasteiger partial charge in [0.25, 0.3) is 5.91 Å². The normalized spacial score (nSPS) is 16.9. The number of benzene rings is 2. The Morgan fingerprint density at radius 1 is 1.12 bits per heavy atom. The van der Waals surface area contributed by atoms with E-state index in [-0.39, 0.29) is 5.91 Å². The van der Waals surface area contributed by atoms with Crippen LogP contribution in [0.25, 0.3) is 22.0 Å². The molecule has 0 saturated carbocycles. The zero-order chi connectivity index (χ0) is 17.9. The third kappa shape index (κ3) is 3.37. The Morgan fingerprint density at radius 2 is 1.92 bits per heavy atom. The predicted molar refractivity (Wildman–Crippen MR) is 106 cm³/mol. The molecule has 0 bridgehead atoms. The number of carbonyl (C=O) groups is 1. The first kappa shape index (κ1) is 16.9. The lowest BCUT2D eigenvalue weighted by molar-refractivity contribution is 0.0742. The van der Waals surface area contributed by atoms with Gasteiger partial charge in [0, 0.05) is 30.4 Å². The lowest BCUT2D eigenvalue weighted by Gasteiger charge is -2.24. The van der Waals surface area contributed by atoms with Crippen LogP contribution in [-0.4, -0.2) is 42.0 Å². The topological polar surface area (TPSA) is 48.1 Å². The number of fused-ring (bicyclic) bond motifs is 1. The van der Waals surface area contributed by atoms with E-state index in [9.17, 15) is 4.79 Å². The van der Waals surface area contributed by atoms with Gasteiger partial charge in [-0.25, -0.2) is 0 Å². The molecule has 0 aliphatic carbocycles. The highest BCUT2D eigenvalue weighted by atomic mass is 16.2. The summed E-state index contributed by atoms with van der Waals surface area (Å²) in [6.07, 6.45) is 3.11. The number of H-pyrrole nitrogens is 1. The Bertz CT molecular complexity index is 891. The van der Waals surface area contributed by atoms with Crippen LogP contribution in [-0.2, 0) is 0 Å². The summed E-state index contributed by atoms with van der Waals surface area (Å²) in [5.41, 5.74) is 4.18. The second kappa shape index (κ2) is 7.34. The van der Waals surface area contributed by atoms with Crippen LogP contribution < -0.4 is 5.32 Å². The Kier molecular flexibility index (Phi) is 4.76. The van der Waals surface area contributed by atoms with Crippen molar-refractivity contribution in [3.63, 3.8) is 0 Å². The minimum absolute atomic E-state index is 0.130. The molecule has 4 heteroatoms. The van der Waals surface area contributed by atoms with Gasteiger partial charge in [-0.3, -0.25) is 4.79 Å². The third-order valence-electron chi connectivity index (χ3n) is 5.33. The molecule has 2 aromatic carbocycles. The zero-order valence-electron chi connectivity index (χ0n) is 15.2. The second-order valence-electron chi connectivity index (χ2n) is 7.06. The smallest absolute Gasteiger partial charge is 0.253 e. The minimum atomic E-state index is 0.130. The Morgan fingerprint density at radius 3 is 2.65 bits per heavy atom. The fourth-order valence-corrected chi connectivity index (χ4v) is 3.75. The molecule has 0 radical (unpaired) electrons. The van der Waals surface area contributed by atoms with Crippen LogP contribution in [0.4, 0.5) is 0 Å². The lowest BCUT2D eigenvalue weighted by atomic mass is 10.0. The molecule has 1 saturated heterocycles. The van der Waals surface area contributed by atoms with E-state index < -0.39 is 0 Å². The molecule has 1 unspecified atom stereocenters. The first-order valence-electron chi connectivity index (χ1n) is 9.42. The average Bonchev–Trinajstić information content (AvgIpc) is 3.36. The number of aromatic nitrogens is 1. The fraction of sp³-hybridized carbons (Fsp3) is 0.318. The van der Waals surface area contributed by atoms with Gasteiger partial charge in [-0.2, -0.15) is 0 Å². The molecule has 26 heavy (non-hydrogen) atoms. The summed E-state index contributed by atoms with van der Waals surface area (Å²) in [7, 11) is 0. The van der Waals surface area contributed by atoms with E-state index in [1.807, 2.05) is 35.4 Å². The molecule has 1 atom stereocenters. The number of hydrogen-bond acceptors (Lipinski definition) is 2. The van der Waals surface area contributed by atoms with Gasteiger partial charge in [-0.15, -0.1) is 0 Å². The molecule has 1 aromatic heterocycles. The van der Waals surface area contributed by atoms with Gasteiger partial charge in [0.1, 0.15) is 0 Å². The minimum Gasteiger partial charge on any atom is -0.361 e. The van der Waals surface area contributed by atoms with Gasteiger partial charge < -0.3 is 15.2 Å². The average molecular weight is 347 g/mol. The van der Waals surface area contributed by atoms with Crippen LogP contribution in [0.3, 0.4) is 0 Å². The molecule has 4 nitrogen and oxygen atoms in total. The third-order valence-corrected chi connectivity index (χ3v) is 5.33. The maximum absolute atomic E-state index is 12.9. The molecule has 2 N–H and O–H groups in total. The number of hydrogen-bond donors (Lipinski definition) is 2. The monoisotopic (exact) mass is 347 g/mol. The van der Waals surface area contributed by atoms with Crippen molar-refractivity contribution in [2.24, 2.45) is 5.92 Å². The molecule has 1 aliphatic heterocycles. The van der Waals surface area contributed by atoms with E-state index in [4.69, 9.17) is 0 Å². The largest absolute Gasteiger partial charge is 0.361 e. The van der Waals surface area contributed by atoms with E-state index >= 15 is 0 Å². The molecule has 3 aromatic rings. The van der Waals surface area contributed by atoms with Crippen molar-refractivity contribution in [3.05, 3.63) is 60.3 Å². The van der Waals surface area contributed by atoms with Crippen molar-refractivity contribution in [1.82, 2.24) is 15.2 Å². The molecule has 0 spiro atoms. The highest BCUT2D eigenvalue weighted by molar-refractivity contribution is 5.95. The SMILES string of the molecule is CCN(CC1CCNC1)C(=O)c1ccc(-c2ccc3cc[nH]c3c2)cc1. The highest BCUT2D eigenvalue weighted by Gasteiger charge is 2.21. The molecule has 1 fully saturated rings. The number of carbonyl (C=O) groups excluding carboxylic acids is 1. The van der Waals surface area contributed by atoms with Crippen molar-refractivity contribution in [2.75, 3.05) is 26.2 Å². The predicted octanol–water partition coefficient (Wildman–Crippen LogP) is 3.91. The summed E-state index contributed by atoms with van der Waals surface area (Å²) >= 11 is 0. The summed E-state index contributed by atoms with van der Waals surface area (Å²) in [5, 5.41) is 4.59. The van der Waals surface area contributed by atoms with Crippen LogP contribution in [0.5, 0.6) is 0 Å². The van der Waals surface area contributed by atoms with Crippen molar-refractivity contribution >= 4 is 16.8 Å². The van der Waals surface area contributed by atoms with E-state index in [1.54, 1.807) is 0 Å². The van der Waals surface area contributed by atoms with Crippen molar-refractivity contribution < 1.29 is 4.79 Å². The number of nitrogens with zero attached hydrogens (tertiary/aromatic N) is 1. The van der Waals surface area contributed by atoms with Crippen molar-refractivity contribution in [1.29, 1.82) is 0 Å². The van der Waals surface area contributed by atoms with E-state index in [1.165, 1.54) is 5.39 Å². The summed E-state index contributed by atoms with van der Waals surface area (Å²) in [5.74, 6) is 0.705. The molecule has 1 amide bonds. The molecular formula is C22H25N3O. The van der Waals surface area contributed by atoms with E-state index in [2.05, 4.69) is 41.5 Å². The molecule has 1 aliphatic rings. The molecule has 2 heterocycles. The first-order chi connectivity index (χ1) is 12.7. The van der Waals surface area contributed by atoms with Gasteiger partial charge in [0.2, 0.25) is 0 Å². The second-order valence-corrected chi connectivity index (χ2v) is 7.06. The lowest BCUT2D eigenvalue weighted by Crippen LogP contribution is -2.35. The van der Waals surface area contributed by atoms with Crippen LogP contribution in [0, 0.1) is 5.92 Å². The van der Waals surface area contributed by atoms with Crippen LogP contribution in [0.15, 0.2) is 54.7 Å². The maximum Gasteiger partial charge on any atom is 0.253 e. The van der Waals surface area contributed by atoms with Gasteiger partial charge in [0.15, 0.2) is 0 Å². The van der Waals surface area contributed by atoms with Gasteiger partial charge in [-0.05, 0) is 73.1 Å². The summed E-state index contributed by atoms with van der Waals surface area (Å²) in [6, 6.07) is 16.5. The van der Waals surface area contributed by atoms with Gasteiger partial charge in [-0.1, -0.05) is 24.3 Å². The van der Waals surface area contributed by atoms with Gasteiger partial charge >= 0.3 is 0 Å². The molecule has 4 rings (SSSR count). The Hall–Kier alpha value is -2.59. The van der Waals surface area contributed by atoms with Crippen LogP contribution in [0.1, 0.15) is 23.7 Å². The van der Waals surface area contributed by atoms with Crippen LogP contribution in [0.2, 0.25) is 0 Å². The van der Waals surface area contributed by atoms with Crippen molar-refractivity contribution in [2.45, 2.75) is 13.3 Å². The zero-order valence-corrected chi connectivity index (χ0v) is 15.2. The summed E-state index contributed by atoms with van der Waals surface area (Å²) in [4.78, 5) is 18.1. The Balaban J connectivity index is 1.51. The molecule has 134 valence electrons. The fourth-order valence-electron chi connectivity index (χ4n) is 3.75. The summed E-state index contributed by atoms with van der Waals surface area (Å²) < 4.78 is 0. The van der Waals surface area contributed by atoms with Gasteiger partial charge in [0.05, 0.1) is 0 Å². The number of aromatic amines is 1. The number of rotatable bonds is 5. The number of nitrogens with one attached hydrogen (secondary N) is 2. The summed E-state index contributed by atoms with van der Waals surface area (Å²) in [6.45, 7) is 5.73. The van der Waals surface area contributed by atoms with Crippen molar-refractivity contribution in [3.8, 4) is 11.1 Å².